The van der Waals surface area contributed by atoms with Crippen molar-refractivity contribution in [1.82, 2.24) is 9.80 Å². The normalized spacial score (nSPS) is 44.8. The molecule has 0 aromatic heterocycles. The van der Waals surface area contributed by atoms with Crippen molar-refractivity contribution in [3.8, 4) is 0 Å². The summed E-state index contributed by atoms with van der Waals surface area (Å²) in [7, 11) is 2.22. The Labute approximate surface area is 93.1 Å². The fourth-order valence-electron chi connectivity index (χ4n) is 3.01. The minimum atomic E-state index is -0.0414. The molecule has 88 valence electrons. The second-order valence-electron chi connectivity index (χ2n) is 5.44. The van der Waals surface area contributed by atoms with Crippen LogP contribution in [0.2, 0.25) is 0 Å². The second kappa shape index (κ2) is 4.40. The molecule has 0 aromatic carbocycles. The van der Waals surface area contributed by atoms with Gasteiger partial charge in [-0.15, -0.1) is 0 Å². The Morgan fingerprint density at radius 3 is 2.13 bits per heavy atom. The molecule has 1 N–H and O–H groups in total. The fraction of sp³-hybridized carbons (Fsp3) is 1.00. The van der Waals surface area contributed by atoms with Crippen molar-refractivity contribution < 1.29 is 5.11 Å². The summed E-state index contributed by atoms with van der Waals surface area (Å²) in [6.07, 6.45) is 3.13. The molecule has 2 aliphatic rings. The van der Waals surface area contributed by atoms with Gasteiger partial charge in [-0.2, -0.15) is 0 Å². The second-order valence-corrected chi connectivity index (χ2v) is 5.44. The van der Waals surface area contributed by atoms with Gasteiger partial charge in [-0.05, 0) is 40.2 Å². The number of aliphatic hydroxyl groups excluding tert-OH is 1. The van der Waals surface area contributed by atoms with Crippen LogP contribution in [0.15, 0.2) is 0 Å². The Balaban J connectivity index is 1.94. The third kappa shape index (κ3) is 2.35. The Bertz CT molecular complexity index is 210. The SMILES string of the molecule is CC1CN(C2CCC(O)C2)CC(C)N1C. The quantitative estimate of drug-likeness (QED) is 0.700. The molecule has 0 bridgehead atoms. The van der Waals surface area contributed by atoms with E-state index in [4.69, 9.17) is 0 Å². The molecule has 3 nitrogen and oxygen atoms in total. The largest absolute Gasteiger partial charge is 0.393 e. The highest BCUT2D eigenvalue weighted by Gasteiger charge is 2.34. The van der Waals surface area contributed by atoms with Crippen molar-refractivity contribution in [3.63, 3.8) is 0 Å². The van der Waals surface area contributed by atoms with Gasteiger partial charge in [-0.1, -0.05) is 0 Å². The molecule has 0 amide bonds. The molecule has 1 aliphatic carbocycles. The molecular weight excluding hydrogens is 188 g/mol. The van der Waals surface area contributed by atoms with E-state index in [9.17, 15) is 5.11 Å². The standard InChI is InChI=1S/C12H24N2O/c1-9-7-14(8-10(2)13(9)3)11-4-5-12(15)6-11/h9-12,15H,4-8H2,1-3H3. The lowest BCUT2D eigenvalue weighted by molar-refractivity contribution is 0.0314. The van der Waals surface area contributed by atoms with Crippen LogP contribution in [0.5, 0.6) is 0 Å². The van der Waals surface area contributed by atoms with Crippen molar-refractivity contribution in [2.24, 2.45) is 0 Å². The van der Waals surface area contributed by atoms with E-state index < -0.39 is 0 Å². The minimum Gasteiger partial charge on any atom is -0.393 e. The van der Waals surface area contributed by atoms with Crippen LogP contribution < -0.4 is 0 Å². The van der Waals surface area contributed by atoms with Gasteiger partial charge >= 0.3 is 0 Å². The first-order valence-electron chi connectivity index (χ1n) is 6.22. The van der Waals surface area contributed by atoms with Gasteiger partial charge in [0.2, 0.25) is 0 Å². The van der Waals surface area contributed by atoms with E-state index in [0.717, 1.165) is 25.9 Å². The van der Waals surface area contributed by atoms with E-state index in [1.54, 1.807) is 0 Å². The van der Waals surface area contributed by atoms with Crippen molar-refractivity contribution in [2.75, 3.05) is 20.1 Å². The van der Waals surface area contributed by atoms with E-state index in [-0.39, 0.29) is 6.10 Å². The molecule has 2 rings (SSSR count). The third-order valence-electron chi connectivity index (χ3n) is 4.28. The average molecular weight is 212 g/mol. The number of nitrogens with zero attached hydrogens (tertiary/aromatic N) is 2. The first-order chi connectivity index (χ1) is 7.08. The molecule has 3 heteroatoms. The highest BCUT2D eigenvalue weighted by atomic mass is 16.3. The maximum absolute atomic E-state index is 9.58. The van der Waals surface area contributed by atoms with Gasteiger partial charge < -0.3 is 5.11 Å². The van der Waals surface area contributed by atoms with E-state index in [1.807, 2.05) is 0 Å². The molecular formula is C12H24N2O. The lowest BCUT2D eigenvalue weighted by Gasteiger charge is -2.44. The lowest BCUT2D eigenvalue weighted by atomic mass is 10.1. The van der Waals surface area contributed by atoms with Crippen molar-refractivity contribution in [2.45, 2.75) is 57.3 Å². The first-order valence-corrected chi connectivity index (χ1v) is 6.22. The van der Waals surface area contributed by atoms with Gasteiger partial charge in [0.1, 0.15) is 0 Å². The van der Waals surface area contributed by atoms with Crippen LogP contribution in [0.4, 0.5) is 0 Å². The molecule has 4 atom stereocenters. The van der Waals surface area contributed by atoms with Gasteiger partial charge in [0.25, 0.3) is 0 Å². The zero-order valence-corrected chi connectivity index (χ0v) is 10.2. The number of likely N-dealkylation sites (N-methyl/N-ethyl adjacent to an activating group) is 1. The average Bonchev–Trinajstić information content (AvgIpc) is 2.60. The van der Waals surface area contributed by atoms with Crippen LogP contribution in [0.25, 0.3) is 0 Å². The minimum absolute atomic E-state index is 0.0414. The Kier molecular flexibility index (Phi) is 3.33. The van der Waals surface area contributed by atoms with Crippen molar-refractivity contribution in [1.29, 1.82) is 0 Å². The Morgan fingerprint density at radius 1 is 1.07 bits per heavy atom. The van der Waals surface area contributed by atoms with Crippen LogP contribution >= 0.6 is 0 Å². The summed E-state index contributed by atoms with van der Waals surface area (Å²) in [5, 5.41) is 9.58. The summed E-state index contributed by atoms with van der Waals surface area (Å²) in [4.78, 5) is 5.05. The maximum atomic E-state index is 9.58. The summed E-state index contributed by atoms with van der Waals surface area (Å²) in [6, 6.07) is 1.93. The summed E-state index contributed by atoms with van der Waals surface area (Å²) in [5.74, 6) is 0. The molecule has 0 spiro atoms. The Hall–Kier alpha value is -0.120. The fourth-order valence-corrected chi connectivity index (χ4v) is 3.01. The van der Waals surface area contributed by atoms with E-state index in [1.165, 1.54) is 6.42 Å². The maximum Gasteiger partial charge on any atom is 0.0555 e. The number of piperazine rings is 1. The van der Waals surface area contributed by atoms with E-state index in [0.29, 0.717) is 18.1 Å². The third-order valence-corrected chi connectivity index (χ3v) is 4.28. The molecule has 0 radical (unpaired) electrons. The lowest BCUT2D eigenvalue weighted by Crippen LogP contribution is -2.57. The zero-order valence-electron chi connectivity index (χ0n) is 10.2. The van der Waals surface area contributed by atoms with Gasteiger partial charge in [0.05, 0.1) is 6.10 Å². The van der Waals surface area contributed by atoms with Crippen LogP contribution in [0.1, 0.15) is 33.1 Å². The van der Waals surface area contributed by atoms with Crippen LogP contribution in [-0.2, 0) is 0 Å². The summed E-state index contributed by atoms with van der Waals surface area (Å²) < 4.78 is 0. The molecule has 1 saturated heterocycles. The van der Waals surface area contributed by atoms with Crippen LogP contribution in [-0.4, -0.2) is 59.3 Å². The monoisotopic (exact) mass is 212 g/mol. The molecule has 1 saturated carbocycles. The number of hydrogen-bond donors (Lipinski definition) is 1. The van der Waals surface area contributed by atoms with Crippen LogP contribution in [0.3, 0.4) is 0 Å². The topological polar surface area (TPSA) is 26.7 Å². The van der Waals surface area contributed by atoms with Crippen molar-refractivity contribution in [3.05, 3.63) is 0 Å². The zero-order chi connectivity index (χ0) is 11.0. The summed E-state index contributed by atoms with van der Waals surface area (Å²) in [5.41, 5.74) is 0. The predicted octanol–water partition coefficient (Wildman–Crippen LogP) is 0.924. The number of hydrogen-bond acceptors (Lipinski definition) is 3. The van der Waals surface area contributed by atoms with Gasteiger partial charge in [0, 0.05) is 31.2 Å². The summed E-state index contributed by atoms with van der Waals surface area (Å²) >= 11 is 0. The molecule has 2 fully saturated rings. The molecule has 15 heavy (non-hydrogen) atoms. The van der Waals surface area contributed by atoms with E-state index >= 15 is 0 Å². The van der Waals surface area contributed by atoms with E-state index in [2.05, 4.69) is 30.7 Å². The van der Waals surface area contributed by atoms with Crippen molar-refractivity contribution >= 4 is 0 Å². The van der Waals surface area contributed by atoms with Gasteiger partial charge in [0.15, 0.2) is 0 Å². The molecule has 0 aromatic rings. The molecule has 4 unspecified atom stereocenters. The predicted molar refractivity (Wildman–Crippen MR) is 61.9 cm³/mol. The highest BCUT2D eigenvalue weighted by Crippen LogP contribution is 2.27. The molecule has 1 aliphatic heterocycles. The first kappa shape index (κ1) is 11.4. The number of rotatable bonds is 1. The summed E-state index contributed by atoms with van der Waals surface area (Å²) in [6.45, 7) is 6.93. The smallest absolute Gasteiger partial charge is 0.0555 e. The highest BCUT2D eigenvalue weighted by molar-refractivity contribution is 4.90. The van der Waals surface area contributed by atoms with Gasteiger partial charge in [-0.25, -0.2) is 0 Å². The number of aliphatic hydroxyl groups is 1. The Morgan fingerprint density at radius 2 is 1.67 bits per heavy atom. The molecule has 1 heterocycles. The van der Waals surface area contributed by atoms with Crippen LogP contribution in [0, 0.1) is 0 Å². The van der Waals surface area contributed by atoms with Gasteiger partial charge in [-0.3, -0.25) is 9.80 Å².